The van der Waals surface area contributed by atoms with Crippen LogP contribution in [0.2, 0.25) is 0 Å². The number of hydrogen-bond acceptors (Lipinski definition) is 4. The molecule has 112 valence electrons. The van der Waals surface area contributed by atoms with Gasteiger partial charge in [-0.1, -0.05) is 27.7 Å². The van der Waals surface area contributed by atoms with Gasteiger partial charge in [0.25, 0.3) is 5.91 Å². The van der Waals surface area contributed by atoms with Gasteiger partial charge < -0.3 is 16.0 Å². The first kappa shape index (κ1) is 16.4. The molecular weight excluding hydrogens is 252 g/mol. The first-order valence-corrected chi connectivity index (χ1v) is 6.99. The van der Waals surface area contributed by atoms with E-state index >= 15 is 0 Å². The van der Waals surface area contributed by atoms with Crippen LogP contribution in [-0.2, 0) is 5.41 Å². The first-order valence-electron chi connectivity index (χ1n) is 6.99. The van der Waals surface area contributed by atoms with Crippen LogP contribution in [0.25, 0.3) is 0 Å². The molecule has 0 fully saturated rings. The van der Waals surface area contributed by atoms with Crippen LogP contribution in [0.5, 0.6) is 0 Å². The summed E-state index contributed by atoms with van der Waals surface area (Å²) in [6.45, 7) is 10.6. The second kappa shape index (κ2) is 6.70. The number of nitrogens with one attached hydrogen (secondary N) is 1. The summed E-state index contributed by atoms with van der Waals surface area (Å²) in [4.78, 5) is 18.6. The van der Waals surface area contributed by atoms with E-state index in [1.807, 2.05) is 33.9 Å². The highest BCUT2D eigenvalue weighted by atomic mass is 16.1. The Morgan fingerprint density at radius 2 is 2.05 bits per heavy atom. The lowest BCUT2D eigenvalue weighted by atomic mass is 9.90. The zero-order valence-electron chi connectivity index (χ0n) is 13.2. The summed E-state index contributed by atoms with van der Waals surface area (Å²) in [5.74, 6) is 0.280. The van der Waals surface area contributed by atoms with E-state index in [9.17, 15) is 4.79 Å². The molecule has 5 nitrogen and oxygen atoms in total. The molecule has 1 aromatic rings. The lowest BCUT2D eigenvalue weighted by Crippen LogP contribution is -2.33. The molecule has 0 aliphatic rings. The molecule has 0 saturated carbocycles. The van der Waals surface area contributed by atoms with Crippen molar-refractivity contribution >= 4 is 11.7 Å². The van der Waals surface area contributed by atoms with E-state index in [2.05, 4.69) is 22.1 Å². The molecule has 0 atom stereocenters. The number of rotatable bonds is 5. The van der Waals surface area contributed by atoms with Crippen molar-refractivity contribution in [3.8, 4) is 0 Å². The maximum Gasteiger partial charge on any atom is 0.251 e. The van der Waals surface area contributed by atoms with Gasteiger partial charge in [0.05, 0.1) is 0 Å². The van der Waals surface area contributed by atoms with Crippen molar-refractivity contribution in [3.05, 3.63) is 23.4 Å². The van der Waals surface area contributed by atoms with Crippen LogP contribution in [0, 0.1) is 0 Å². The summed E-state index contributed by atoms with van der Waals surface area (Å²) in [5, 5.41) is 2.91. The topological polar surface area (TPSA) is 71.2 Å². The number of nitrogens with zero attached hydrogens (tertiary/aromatic N) is 2. The number of hydrogen-bond donors (Lipinski definition) is 2. The van der Waals surface area contributed by atoms with Gasteiger partial charge in [-0.05, 0) is 25.7 Å². The second-order valence-corrected chi connectivity index (χ2v) is 6.07. The van der Waals surface area contributed by atoms with Gasteiger partial charge in [0.15, 0.2) is 0 Å². The third-order valence-corrected chi connectivity index (χ3v) is 3.19. The molecule has 0 radical (unpaired) electrons. The number of aromatic nitrogens is 1. The molecule has 0 spiro atoms. The molecule has 1 aromatic heterocycles. The number of nitrogen functional groups attached to an aromatic ring is 1. The van der Waals surface area contributed by atoms with Gasteiger partial charge in [-0.25, -0.2) is 4.98 Å². The summed E-state index contributed by atoms with van der Waals surface area (Å²) in [7, 11) is 2.02. The Hall–Kier alpha value is -1.62. The first-order chi connectivity index (χ1) is 9.24. The van der Waals surface area contributed by atoms with E-state index in [-0.39, 0.29) is 11.3 Å². The van der Waals surface area contributed by atoms with Gasteiger partial charge >= 0.3 is 0 Å². The molecule has 0 aliphatic heterocycles. The van der Waals surface area contributed by atoms with E-state index in [1.165, 1.54) is 0 Å². The van der Waals surface area contributed by atoms with Crippen LogP contribution in [0.3, 0.4) is 0 Å². The average Bonchev–Trinajstić information content (AvgIpc) is 2.36. The minimum Gasteiger partial charge on any atom is -0.384 e. The van der Waals surface area contributed by atoms with Crippen LogP contribution in [0.1, 0.15) is 43.7 Å². The lowest BCUT2D eigenvalue weighted by Gasteiger charge is -2.19. The summed E-state index contributed by atoms with van der Waals surface area (Å²) in [6.07, 6.45) is 0. The van der Waals surface area contributed by atoms with Crippen LogP contribution < -0.4 is 11.1 Å². The Morgan fingerprint density at radius 3 is 2.60 bits per heavy atom. The fraction of sp³-hybridized carbons (Fsp3) is 0.600. The Balaban J connectivity index is 2.76. The SMILES string of the molecule is CCN(C)CCNC(=O)c1cc(N)nc(C(C)(C)C)c1. The van der Waals surface area contributed by atoms with Gasteiger partial charge in [0.2, 0.25) is 0 Å². The average molecular weight is 278 g/mol. The molecule has 3 N–H and O–H groups in total. The van der Waals surface area contributed by atoms with Crippen molar-refractivity contribution < 1.29 is 4.79 Å². The molecule has 20 heavy (non-hydrogen) atoms. The highest BCUT2D eigenvalue weighted by molar-refractivity contribution is 5.94. The van der Waals surface area contributed by atoms with Gasteiger partial charge in [0.1, 0.15) is 5.82 Å². The van der Waals surface area contributed by atoms with Gasteiger partial charge in [0, 0.05) is 29.8 Å². The Morgan fingerprint density at radius 1 is 1.40 bits per heavy atom. The molecule has 0 bridgehead atoms. The highest BCUT2D eigenvalue weighted by Gasteiger charge is 2.18. The Bertz CT molecular complexity index is 465. The maximum atomic E-state index is 12.1. The molecule has 1 heterocycles. The van der Waals surface area contributed by atoms with Gasteiger partial charge in [-0.3, -0.25) is 4.79 Å². The van der Waals surface area contributed by atoms with Crippen LogP contribution >= 0.6 is 0 Å². The Kier molecular flexibility index (Phi) is 5.51. The van der Waals surface area contributed by atoms with Crippen LogP contribution in [0.15, 0.2) is 12.1 Å². The number of nitrogens with two attached hydrogens (primary N) is 1. The fourth-order valence-corrected chi connectivity index (χ4v) is 1.69. The predicted molar refractivity (Wildman–Crippen MR) is 82.9 cm³/mol. The predicted octanol–water partition coefficient (Wildman–Crippen LogP) is 1.64. The van der Waals surface area contributed by atoms with Gasteiger partial charge in [-0.15, -0.1) is 0 Å². The van der Waals surface area contributed by atoms with E-state index in [4.69, 9.17) is 5.73 Å². The third kappa shape index (κ3) is 4.81. The normalized spacial score (nSPS) is 11.7. The molecule has 1 amide bonds. The number of likely N-dealkylation sites (N-methyl/N-ethyl adjacent to an activating group) is 1. The zero-order chi connectivity index (χ0) is 15.3. The second-order valence-electron chi connectivity index (χ2n) is 6.07. The van der Waals surface area contributed by atoms with Crippen molar-refractivity contribution in [2.75, 3.05) is 32.4 Å². The fourth-order valence-electron chi connectivity index (χ4n) is 1.69. The number of anilines is 1. The smallest absolute Gasteiger partial charge is 0.251 e. The molecule has 0 aromatic carbocycles. The van der Waals surface area contributed by atoms with Crippen LogP contribution in [-0.4, -0.2) is 42.5 Å². The number of carbonyl (C=O) groups excluding carboxylic acids is 1. The summed E-state index contributed by atoms with van der Waals surface area (Å²) in [5.41, 5.74) is 7.06. The summed E-state index contributed by atoms with van der Waals surface area (Å²) >= 11 is 0. The minimum absolute atomic E-state index is 0.103. The van der Waals surface area contributed by atoms with Gasteiger partial charge in [-0.2, -0.15) is 0 Å². The number of carbonyl (C=O) groups is 1. The number of amides is 1. The highest BCUT2D eigenvalue weighted by Crippen LogP contribution is 2.22. The quantitative estimate of drug-likeness (QED) is 0.859. The third-order valence-electron chi connectivity index (χ3n) is 3.19. The van der Waals surface area contributed by atoms with E-state index in [1.54, 1.807) is 6.07 Å². The largest absolute Gasteiger partial charge is 0.384 e. The standard InChI is InChI=1S/C15H26N4O/c1-6-19(5)8-7-17-14(20)11-9-12(15(2,3)4)18-13(16)10-11/h9-10H,6-8H2,1-5H3,(H2,16,18)(H,17,20). The van der Waals surface area contributed by atoms with Crippen molar-refractivity contribution in [2.45, 2.75) is 33.1 Å². The minimum atomic E-state index is -0.132. The van der Waals surface area contributed by atoms with Crippen LogP contribution in [0.4, 0.5) is 5.82 Å². The zero-order valence-corrected chi connectivity index (χ0v) is 13.2. The van der Waals surface area contributed by atoms with Crippen molar-refractivity contribution in [2.24, 2.45) is 0 Å². The van der Waals surface area contributed by atoms with E-state index in [0.29, 0.717) is 17.9 Å². The van der Waals surface area contributed by atoms with E-state index in [0.717, 1.165) is 18.8 Å². The molecule has 0 unspecified atom stereocenters. The lowest BCUT2D eigenvalue weighted by molar-refractivity contribution is 0.0950. The molecule has 0 saturated heterocycles. The van der Waals surface area contributed by atoms with Crippen molar-refractivity contribution in [1.29, 1.82) is 0 Å². The monoisotopic (exact) mass is 278 g/mol. The van der Waals surface area contributed by atoms with Crippen molar-refractivity contribution in [3.63, 3.8) is 0 Å². The van der Waals surface area contributed by atoms with Crippen molar-refractivity contribution in [1.82, 2.24) is 15.2 Å². The van der Waals surface area contributed by atoms with E-state index < -0.39 is 0 Å². The molecule has 0 aliphatic carbocycles. The maximum absolute atomic E-state index is 12.1. The Labute approximate surface area is 121 Å². The molecule has 5 heteroatoms. The summed E-state index contributed by atoms with van der Waals surface area (Å²) in [6, 6.07) is 3.43. The molecule has 1 rings (SSSR count). The summed E-state index contributed by atoms with van der Waals surface area (Å²) < 4.78 is 0. The number of pyridine rings is 1. The molecular formula is C15H26N4O.